The normalized spacial score (nSPS) is 10.6. The van der Waals surface area contributed by atoms with Crippen LogP contribution >= 0.6 is 27.5 Å². The number of nitrogens with one attached hydrogen (secondary N) is 1. The van der Waals surface area contributed by atoms with Crippen LogP contribution in [0.3, 0.4) is 0 Å². The molecule has 0 aliphatic carbocycles. The Labute approximate surface area is 131 Å². The average Bonchev–Trinajstić information content (AvgIpc) is 2.76. The van der Waals surface area contributed by atoms with Gasteiger partial charge in [-0.15, -0.1) is 0 Å². The van der Waals surface area contributed by atoms with Crippen LogP contribution in [0.5, 0.6) is 0 Å². The van der Waals surface area contributed by atoms with E-state index in [4.69, 9.17) is 11.6 Å². The molecule has 0 radical (unpaired) electrons. The highest BCUT2D eigenvalue weighted by atomic mass is 79.9. The van der Waals surface area contributed by atoms with Gasteiger partial charge >= 0.3 is 0 Å². The van der Waals surface area contributed by atoms with Gasteiger partial charge in [0, 0.05) is 34.8 Å². The van der Waals surface area contributed by atoms with Gasteiger partial charge in [-0.1, -0.05) is 18.5 Å². The predicted molar refractivity (Wildman–Crippen MR) is 82.9 cm³/mol. The molecule has 1 aromatic heterocycles. The fraction of sp³-hybridized carbons (Fsp3) is 0.286. The summed E-state index contributed by atoms with van der Waals surface area (Å²) >= 11 is 9.21. The largest absolute Gasteiger partial charge is 0.348 e. The Morgan fingerprint density at radius 2 is 2.25 bits per heavy atom. The minimum absolute atomic E-state index is 0.139. The third-order valence-electron chi connectivity index (χ3n) is 2.94. The molecule has 0 saturated carbocycles. The van der Waals surface area contributed by atoms with Crippen LogP contribution in [0.2, 0.25) is 5.02 Å². The van der Waals surface area contributed by atoms with Gasteiger partial charge in [-0.05, 0) is 40.5 Å². The number of hydrogen-bond donors (Lipinski definition) is 1. The molecule has 0 spiro atoms. The number of hydrogen-bond acceptors (Lipinski definition) is 2. The van der Waals surface area contributed by atoms with E-state index in [1.54, 1.807) is 22.9 Å². The fourth-order valence-electron chi connectivity index (χ4n) is 1.97. The van der Waals surface area contributed by atoms with Crippen molar-refractivity contribution in [3.05, 3.63) is 50.7 Å². The van der Waals surface area contributed by atoms with Crippen molar-refractivity contribution in [2.45, 2.75) is 19.9 Å². The first-order valence-electron chi connectivity index (χ1n) is 6.26. The first kappa shape index (κ1) is 15.1. The minimum Gasteiger partial charge on any atom is -0.348 e. The Bertz CT molecular complexity index is 639. The standard InChI is InChI=1S/C14H15BrClN3O/c1-3-13-9(8-19(2)18-13)7-17-14(20)11-5-4-10(16)6-12(11)15/h4-6,8H,3,7H2,1-2H3,(H,17,20). The van der Waals surface area contributed by atoms with Gasteiger partial charge in [0.1, 0.15) is 0 Å². The van der Waals surface area contributed by atoms with Crippen LogP contribution in [0.1, 0.15) is 28.5 Å². The highest BCUT2D eigenvalue weighted by molar-refractivity contribution is 9.10. The van der Waals surface area contributed by atoms with E-state index in [0.29, 0.717) is 21.6 Å². The van der Waals surface area contributed by atoms with Crippen molar-refractivity contribution in [2.24, 2.45) is 7.05 Å². The van der Waals surface area contributed by atoms with Crippen LogP contribution in [0, 0.1) is 0 Å². The molecule has 0 atom stereocenters. The smallest absolute Gasteiger partial charge is 0.252 e. The molecule has 6 heteroatoms. The molecule has 0 bridgehead atoms. The molecule has 4 nitrogen and oxygen atoms in total. The summed E-state index contributed by atoms with van der Waals surface area (Å²) in [5, 5.41) is 7.84. The molecule has 1 amide bonds. The highest BCUT2D eigenvalue weighted by Crippen LogP contribution is 2.21. The maximum atomic E-state index is 12.1. The van der Waals surface area contributed by atoms with Crippen LogP contribution in [-0.2, 0) is 20.0 Å². The summed E-state index contributed by atoms with van der Waals surface area (Å²) in [6.07, 6.45) is 2.77. The summed E-state index contributed by atoms with van der Waals surface area (Å²) in [6.45, 7) is 2.51. The summed E-state index contributed by atoms with van der Waals surface area (Å²) in [5.41, 5.74) is 2.60. The number of amides is 1. The zero-order chi connectivity index (χ0) is 14.7. The molecule has 2 aromatic rings. The summed E-state index contributed by atoms with van der Waals surface area (Å²) < 4.78 is 2.45. The number of benzene rings is 1. The first-order chi connectivity index (χ1) is 9.51. The van der Waals surface area contributed by atoms with Crippen LogP contribution < -0.4 is 5.32 Å². The van der Waals surface area contributed by atoms with Gasteiger partial charge in [-0.2, -0.15) is 5.10 Å². The molecule has 1 aromatic carbocycles. The number of carbonyl (C=O) groups is 1. The first-order valence-corrected chi connectivity index (χ1v) is 7.43. The Morgan fingerprint density at radius 3 is 2.90 bits per heavy atom. The van der Waals surface area contributed by atoms with E-state index in [-0.39, 0.29) is 5.91 Å². The van der Waals surface area contributed by atoms with Crippen LogP contribution in [0.25, 0.3) is 0 Å². The molecular weight excluding hydrogens is 342 g/mol. The van der Waals surface area contributed by atoms with E-state index in [0.717, 1.165) is 17.7 Å². The van der Waals surface area contributed by atoms with Crippen molar-refractivity contribution in [1.82, 2.24) is 15.1 Å². The van der Waals surface area contributed by atoms with Gasteiger partial charge in [-0.3, -0.25) is 9.48 Å². The third-order valence-corrected chi connectivity index (χ3v) is 3.83. The van der Waals surface area contributed by atoms with E-state index in [2.05, 4.69) is 26.3 Å². The second-order valence-electron chi connectivity index (χ2n) is 4.44. The predicted octanol–water partition coefficient (Wildman–Crippen LogP) is 3.33. The average molecular weight is 357 g/mol. The summed E-state index contributed by atoms with van der Waals surface area (Å²) in [5.74, 6) is -0.139. The molecule has 1 heterocycles. The monoisotopic (exact) mass is 355 g/mol. The van der Waals surface area contributed by atoms with Gasteiger partial charge in [0.15, 0.2) is 0 Å². The number of aromatic nitrogens is 2. The maximum absolute atomic E-state index is 12.1. The Morgan fingerprint density at radius 1 is 1.50 bits per heavy atom. The third kappa shape index (κ3) is 3.41. The molecule has 0 aliphatic heterocycles. The summed E-state index contributed by atoms with van der Waals surface area (Å²) in [4.78, 5) is 12.1. The number of rotatable bonds is 4. The van der Waals surface area contributed by atoms with Crippen molar-refractivity contribution >= 4 is 33.4 Å². The summed E-state index contributed by atoms with van der Waals surface area (Å²) in [6, 6.07) is 5.10. The molecule has 1 N–H and O–H groups in total. The lowest BCUT2D eigenvalue weighted by molar-refractivity contribution is 0.0950. The van der Waals surface area contributed by atoms with Crippen molar-refractivity contribution < 1.29 is 4.79 Å². The molecule has 0 aliphatic rings. The van der Waals surface area contributed by atoms with Crippen molar-refractivity contribution in [3.63, 3.8) is 0 Å². The number of nitrogens with zero attached hydrogens (tertiary/aromatic N) is 2. The van der Waals surface area contributed by atoms with E-state index >= 15 is 0 Å². The Kier molecular flexibility index (Phi) is 4.83. The molecule has 0 fully saturated rings. The fourth-order valence-corrected chi connectivity index (χ4v) is 2.84. The highest BCUT2D eigenvalue weighted by Gasteiger charge is 2.12. The van der Waals surface area contributed by atoms with Gasteiger partial charge in [0.2, 0.25) is 0 Å². The van der Waals surface area contributed by atoms with E-state index in [1.165, 1.54) is 0 Å². The van der Waals surface area contributed by atoms with Crippen LogP contribution in [-0.4, -0.2) is 15.7 Å². The van der Waals surface area contributed by atoms with Crippen LogP contribution in [0.15, 0.2) is 28.9 Å². The van der Waals surface area contributed by atoms with Gasteiger partial charge in [0.25, 0.3) is 5.91 Å². The topological polar surface area (TPSA) is 46.9 Å². The van der Waals surface area contributed by atoms with Crippen molar-refractivity contribution in [1.29, 1.82) is 0 Å². The molecule has 20 heavy (non-hydrogen) atoms. The lowest BCUT2D eigenvalue weighted by Crippen LogP contribution is -2.23. The Balaban J connectivity index is 2.08. The minimum atomic E-state index is -0.139. The molecule has 106 valence electrons. The van der Waals surface area contributed by atoms with Gasteiger partial charge in [0.05, 0.1) is 11.3 Å². The second-order valence-corrected chi connectivity index (χ2v) is 5.73. The van der Waals surface area contributed by atoms with E-state index < -0.39 is 0 Å². The molecule has 0 unspecified atom stereocenters. The van der Waals surface area contributed by atoms with E-state index in [9.17, 15) is 4.79 Å². The maximum Gasteiger partial charge on any atom is 0.252 e. The summed E-state index contributed by atoms with van der Waals surface area (Å²) in [7, 11) is 1.88. The van der Waals surface area contributed by atoms with Gasteiger partial charge in [-0.25, -0.2) is 0 Å². The Hall–Kier alpha value is -1.33. The SMILES string of the molecule is CCc1nn(C)cc1CNC(=O)c1ccc(Cl)cc1Br. The van der Waals surface area contributed by atoms with Gasteiger partial charge < -0.3 is 5.32 Å². The molecule has 0 saturated heterocycles. The number of carbonyl (C=O) groups excluding carboxylic acids is 1. The molecule has 2 rings (SSSR count). The number of aryl methyl sites for hydroxylation is 2. The van der Waals surface area contributed by atoms with Crippen molar-refractivity contribution in [3.8, 4) is 0 Å². The number of halogens is 2. The van der Waals surface area contributed by atoms with Crippen LogP contribution in [0.4, 0.5) is 0 Å². The zero-order valence-corrected chi connectivity index (χ0v) is 13.6. The lowest BCUT2D eigenvalue weighted by Gasteiger charge is -2.07. The van der Waals surface area contributed by atoms with E-state index in [1.807, 2.05) is 20.2 Å². The second kappa shape index (κ2) is 6.41. The lowest BCUT2D eigenvalue weighted by atomic mass is 10.2. The molecular formula is C14H15BrClN3O. The zero-order valence-electron chi connectivity index (χ0n) is 11.3. The van der Waals surface area contributed by atoms with Crippen molar-refractivity contribution in [2.75, 3.05) is 0 Å². The quantitative estimate of drug-likeness (QED) is 0.913.